The molecular weight excluding hydrogens is 278 g/mol. The van der Waals surface area contributed by atoms with Crippen LogP contribution in [0.4, 0.5) is 0 Å². The Hall–Kier alpha value is -0.830. The average Bonchev–Trinajstić information content (AvgIpc) is 3.10. The van der Waals surface area contributed by atoms with Crippen LogP contribution >= 0.6 is 15.9 Å². The summed E-state index contributed by atoms with van der Waals surface area (Å²) in [6.07, 6.45) is 2.43. The highest BCUT2D eigenvalue weighted by molar-refractivity contribution is 9.09. The number of amides is 1. The van der Waals surface area contributed by atoms with Gasteiger partial charge < -0.3 is 5.32 Å². The van der Waals surface area contributed by atoms with Crippen LogP contribution in [0, 0.1) is 19.3 Å². The lowest BCUT2D eigenvalue weighted by Gasteiger charge is -2.13. The van der Waals surface area contributed by atoms with Gasteiger partial charge in [0.05, 0.1) is 0 Å². The molecule has 1 amide bonds. The fourth-order valence-electron chi connectivity index (χ4n) is 1.88. The Morgan fingerprint density at radius 1 is 1.41 bits per heavy atom. The molecule has 1 aliphatic carbocycles. The van der Waals surface area contributed by atoms with E-state index in [0.717, 1.165) is 28.6 Å². The van der Waals surface area contributed by atoms with Crippen molar-refractivity contribution in [1.29, 1.82) is 0 Å². The van der Waals surface area contributed by atoms with Gasteiger partial charge in [0.2, 0.25) is 0 Å². The van der Waals surface area contributed by atoms with Crippen molar-refractivity contribution in [3.05, 3.63) is 34.9 Å². The molecule has 3 heteroatoms. The maximum absolute atomic E-state index is 12.1. The smallest absolute Gasteiger partial charge is 0.251 e. The van der Waals surface area contributed by atoms with Crippen LogP contribution in [-0.4, -0.2) is 17.8 Å². The third-order valence-electron chi connectivity index (χ3n) is 3.50. The Labute approximate surface area is 111 Å². The van der Waals surface area contributed by atoms with Crippen molar-refractivity contribution in [2.24, 2.45) is 5.41 Å². The molecule has 2 rings (SSSR count). The number of carbonyl (C=O) groups is 1. The van der Waals surface area contributed by atoms with Gasteiger partial charge in [0.25, 0.3) is 5.91 Å². The molecule has 1 aliphatic rings. The number of carbonyl (C=O) groups excluding carboxylic acids is 1. The van der Waals surface area contributed by atoms with Crippen LogP contribution in [-0.2, 0) is 0 Å². The molecule has 0 saturated heterocycles. The van der Waals surface area contributed by atoms with Crippen molar-refractivity contribution in [2.45, 2.75) is 26.7 Å². The maximum atomic E-state index is 12.1. The highest BCUT2D eigenvalue weighted by Crippen LogP contribution is 2.46. The van der Waals surface area contributed by atoms with Crippen LogP contribution in [0.3, 0.4) is 0 Å². The summed E-state index contributed by atoms with van der Waals surface area (Å²) in [5, 5.41) is 4.03. The molecule has 1 fully saturated rings. The zero-order valence-electron chi connectivity index (χ0n) is 10.3. The first-order valence-electron chi connectivity index (χ1n) is 5.98. The second-order valence-electron chi connectivity index (χ2n) is 5.13. The Kier molecular flexibility index (Phi) is 3.57. The van der Waals surface area contributed by atoms with Gasteiger partial charge in [-0.25, -0.2) is 0 Å². The molecule has 0 atom stereocenters. The van der Waals surface area contributed by atoms with Crippen molar-refractivity contribution >= 4 is 21.8 Å². The number of hydrogen-bond acceptors (Lipinski definition) is 1. The molecular formula is C14H18BrNO. The van der Waals surface area contributed by atoms with Gasteiger partial charge >= 0.3 is 0 Å². The molecule has 92 valence electrons. The summed E-state index contributed by atoms with van der Waals surface area (Å²) in [4.78, 5) is 12.1. The van der Waals surface area contributed by atoms with Crippen LogP contribution in [0.1, 0.15) is 34.3 Å². The molecule has 0 aromatic heterocycles. The van der Waals surface area contributed by atoms with Crippen LogP contribution in [0.25, 0.3) is 0 Å². The number of nitrogens with one attached hydrogen (secondary N) is 1. The van der Waals surface area contributed by atoms with Gasteiger partial charge in [-0.2, -0.15) is 0 Å². The summed E-state index contributed by atoms with van der Waals surface area (Å²) in [6.45, 7) is 4.77. The van der Waals surface area contributed by atoms with Crippen LogP contribution in [0.2, 0.25) is 0 Å². The number of aryl methyl sites for hydroxylation is 2. The molecule has 17 heavy (non-hydrogen) atoms. The van der Waals surface area contributed by atoms with E-state index in [1.54, 1.807) is 0 Å². The monoisotopic (exact) mass is 295 g/mol. The van der Waals surface area contributed by atoms with Gasteiger partial charge in [0, 0.05) is 17.4 Å². The van der Waals surface area contributed by atoms with E-state index >= 15 is 0 Å². The largest absolute Gasteiger partial charge is 0.351 e. The van der Waals surface area contributed by atoms with Crippen molar-refractivity contribution in [3.63, 3.8) is 0 Å². The normalized spacial score (nSPS) is 16.6. The summed E-state index contributed by atoms with van der Waals surface area (Å²) in [5.41, 5.74) is 3.29. The third kappa shape index (κ3) is 2.89. The minimum atomic E-state index is 0.0541. The predicted molar refractivity (Wildman–Crippen MR) is 73.7 cm³/mol. The van der Waals surface area contributed by atoms with E-state index in [2.05, 4.69) is 21.2 Å². The maximum Gasteiger partial charge on any atom is 0.251 e. The first kappa shape index (κ1) is 12.6. The SMILES string of the molecule is Cc1ccc(C)c(C(=O)NCC2(CBr)CC2)c1. The Balaban J connectivity index is 2.02. The number of alkyl halides is 1. The van der Waals surface area contributed by atoms with E-state index in [9.17, 15) is 4.79 Å². The zero-order valence-corrected chi connectivity index (χ0v) is 11.9. The minimum absolute atomic E-state index is 0.0541. The lowest BCUT2D eigenvalue weighted by atomic mass is 10.0. The summed E-state index contributed by atoms with van der Waals surface area (Å²) in [7, 11) is 0. The van der Waals surface area contributed by atoms with E-state index in [1.807, 2.05) is 32.0 Å². The highest BCUT2D eigenvalue weighted by atomic mass is 79.9. The number of hydrogen-bond donors (Lipinski definition) is 1. The minimum Gasteiger partial charge on any atom is -0.351 e. The number of benzene rings is 1. The molecule has 1 aromatic rings. The molecule has 0 unspecified atom stereocenters. The molecule has 0 radical (unpaired) electrons. The van der Waals surface area contributed by atoms with E-state index in [4.69, 9.17) is 0 Å². The van der Waals surface area contributed by atoms with Crippen molar-refractivity contribution in [3.8, 4) is 0 Å². The van der Waals surface area contributed by atoms with Gasteiger partial charge in [0.15, 0.2) is 0 Å². The Morgan fingerprint density at radius 2 is 2.12 bits per heavy atom. The second kappa shape index (κ2) is 4.81. The second-order valence-corrected chi connectivity index (χ2v) is 5.70. The summed E-state index contributed by atoms with van der Waals surface area (Å²) in [5.74, 6) is 0.0541. The first-order valence-corrected chi connectivity index (χ1v) is 7.10. The van der Waals surface area contributed by atoms with Crippen molar-refractivity contribution in [2.75, 3.05) is 11.9 Å². The first-order chi connectivity index (χ1) is 8.06. The number of halogens is 1. The molecule has 1 N–H and O–H groups in total. The predicted octanol–water partition coefficient (Wildman–Crippen LogP) is 3.21. The molecule has 0 bridgehead atoms. The molecule has 0 spiro atoms. The summed E-state index contributed by atoms with van der Waals surface area (Å²) in [6, 6.07) is 5.99. The molecule has 2 nitrogen and oxygen atoms in total. The fourth-order valence-corrected chi connectivity index (χ4v) is 2.64. The summed E-state index contributed by atoms with van der Waals surface area (Å²) < 4.78 is 0. The third-order valence-corrected chi connectivity index (χ3v) is 4.69. The molecule has 0 heterocycles. The Morgan fingerprint density at radius 3 is 2.71 bits per heavy atom. The van der Waals surface area contributed by atoms with Crippen LogP contribution in [0.15, 0.2) is 18.2 Å². The molecule has 1 saturated carbocycles. The topological polar surface area (TPSA) is 29.1 Å². The van der Waals surface area contributed by atoms with E-state index in [0.29, 0.717) is 5.41 Å². The number of rotatable bonds is 4. The quantitative estimate of drug-likeness (QED) is 0.849. The van der Waals surface area contributed by atoms with E-state index in [1.165, 1.54) is 12.8 Å². The zero-order chi connectivity index (χ0) is 12.5. The molecule has 0 aliphatic heterocycles. The van der Waals surface area contributed by atoms with Crippen molar-refractivity contribution < 1.29 is 4.79 Å². The highest BCUT2D eigenvalue weighted by Gasteiger charge is 2.41. The standard InChI is InChI=1S/C14H18BrNO/c1-10-3-4-11(2)12(7-10)13(17)16-9-14(8-15)5-6-14/h3-4,7H,5-6,8-9H2,1-2H3,(H,16,17). The van der Waals surface area contributed by atoms with Gasteiger partial charge in [0.1, 0.15) is 0 Å². The van der Waals surface area contributed by atoms with Crippen LogP contribution < -0.4 is 5.32 Å². The lowest BCUT2D eigenvalue weighted by Crippen LogP contribution is -2.31. The Bertz CT molecular complexity index is 438. The average molecular weight is 296 g/mol. The lowest BCUT2D eigenvalue weighted by molar-refractivity contribution is 0.0946. The van der Waals surface area contributed by atoms with Crippen LogP contribution in [0.5, 0.6) is 0 Å². The molecule has 1 aromatic carbocycles. The van der Waals surface area contributed by atoms with Gasteiger partial charge in [-0.15, -0.1) is 0 Å². The van der Waals surface area contributed by atoms with E-state index < -0.39 is 0 Å². The summed E-state index contributed by atoms with van der Waals surface area (Å²) >= 11 is 3.51. The van der Waals surface area contributed by atoms with Gasteiger partial charge in [-0.05, 0) is 43.7 Å². The fraction of sp³-hybridized carbons (Fsp3) is 0.500. The van der Waals surface area contributed by atoms with Gasteiger partial charge in [-0.3, -0.25) is 4.79 Å². The van der Waals surface area contributed by atoms with Gasteiger partial charge in [-0.1, -0.05) is 33.6 Å². The van der Waals surface area contributed by atoms with Crippen molar-refractivity contribution in [1.82, 2.24) is 5.32 Å². The van der Waals surface area contributed by atoms with E-state index in [-0.39, 0.29) is 5.91 Å².